The van der Waals surface area contributed by atoms with Crippen LogP contribution in [0, 0.1) is 6.92 Å². The Kier molecular flexibility index (Phi) is 5.95. The number of anilines is 1. The topological polar surface area (TPSA) is 85.8 Å². The highest BCUT2D eigenvalue weighted by Crippen LogP contribution is 2.26. The molecule has 0 fully saturated rings. The van der Waals surface area contributed by atoms with Crippen LogP contribution in [0.1, 0.15) is 38.1 Å². The van der Waals surface area contributed by atoms with Crippen LogP contribution < -0.4 is 5.32 Å². The SMILES string of the molecule is CCn1c(-c2ccc(C)cc2)cnc1SCC(=O)Nc1nnc(C(C)C)o1. The first kappa shape index (κ1) is 19.2. The van der Waals surface area contributed by atoms with Crippen molar-refractivity contribution in [1.82, 2.24) is 19.7 Å². The van der Waals surface area contributed by atoms with E-state index < -0.39 is 0 Å². The first-order valence-corrected chi connectivity index (χ1v) is 9.85. The largest absolute Gasteiger partial charge is 0.408 e. The van der Waals surface area contributed by atoms with Crippen LogP contribution in [-0.2, 0) is 11.3 Å². The smallest absolute Gasteiger partial charge is 0.322 e. The molecule has 3 aromatic rings. The first-order chi connectivity index (χ1) is 13.0. The molecule has 0 atom stereocenters. The Bertz CT molecular complexity index is 915. The predicted molar refractivity (Wildman–Crippen MR) is 106 cm³/mol. The second-order valence-corrected chi connectivity index (χ2v) is 7.42. The van der Waals surface area contributed by atoms with Gasteiger partial charge in [-0.3, -0.25) is 10.1 Å². The Morgan fingerprint density at radius 2 is 2.00 bits per heavy atom. The molecule has 8 heteroatoms. The molecule has 0 bridgehead atoms. The second-order valence-electron chi connectivity index (χ2n) is 6.47. The number of hydrogen-bond donors (Lipinski definition) is 1. The lowest BCUT2D eigenvalue weighted by Gasteiger charge is -2.09. The summed E-state index contributed by atoms with van der Waals surface area (Å²) in [5.41, 5.74) is 3.37. The summed E-state index contributed by atoms with van der Waals surface area (Å²) < 4.78 is 7.50. The summed E-state index contributed by atoms with van der Waals surface area (Å²) in [5, 5.41) is 11.2. The number of aromatic nitrogens is 4. The number of rotatable bonds is 7. The number of benzene rings is 1. The molecule has 0 saturated carbocycles. The zero-order valence-electron chi connectivity index (χ0n) is 15.9. The molecule has 1 amide bonds. The third kappa shape index (κ3) is 4.57. The summed E-state index contributed by atoms with van der Waals surface area (Å²) in [6, 6.07) is 8.46. The van der Waals surface area contributed by atoms with Crippen molar-refractivity contribution in [2.24, 2.45) is 0 Å². The Balaban J connectivity index is 1.65. The lowest BCUT2D eigenvalue weighted by atomic mass is 10.1. The molecule has 27 heavy (non-hydrogen) atoms. The average Bonchev–Trinajstić information content (AvgIpc) is 3.27. The van der Waals surface area contributed by atoms with Gasteiger partial charge in [0.05, 0.1) is 17.6 Å². The van der Waals surface area contributed by atoms with Gasteiger partial charge in [-0.2, -0.15) is 0 Å². The van der Waals surface area contributed by atoms with Crippen LogP contribution in [0.3, 0.4) is 0 Å². The number of aryl methyl sites for hydroxylation is 1. The van der Waals surface area contributed by atoms with E-state index in [0.29, 0.717) is 5.89 Å². The highest BCUT2D eigenvalue weighted by molar-refractivity contribution is 7.99. The number of hydrogen-bond acceptors (Lipinski definition) is 6. The molecular formula is C19H23N5O2S. The van der Waals surface area contributed by atoms with Gasteiger partial charge in [0.2, 0.25) is 11.8 Å². The van der Waals surface area contributed by atoms with Gasteiger partial charge in [0, 0.05) is 12.5 Å². The molecule has 0 saturated heterocycles. The monoisotopic (exact) mass is 385 g/mol. The molecule has 0 spiro atoms. The maximum atomic E-state index is 12.2. The van der Waals surface area contributed by atoms with Crippen LogP contribution in [0.4, 0.5) is 6.01 Å². The molecule has 0 aliphatic rings. The van der Waals surface area contributed by atoms with Crippen molar-refractivity contribution < 1.29 is 9.21 Å². The molecule has 0 aliphatic heterocycles. The minimum atomic E-state index is -0.207. The highest BCUT2D eigenvalue weighted by atomic mass is 32.2. The van der Waals surface area contributed by atoms with Gasteiger partial charge in [-0.15, -0.1) is 5.10 Å². The number of carbonyl (C=O) groups is 1. The van der Waals surface area contributed by atoms with Crippen molar-refractivity contribution in [3.63, 3.8) is 0 Å². The summed E-state index contributed by atoms with van der Waals surface area (Å²) in [6.45, 7) is 8.80. The third-order valence-electron chi connectivity index (χ3n) is 4.00. The van der Waals surface area contributed by atoms with E-state index in [9.17, 15) is 4.79 Å². The van der Waals surface area contributed by atoms with Crippen LogP contribution in [0.2, 0.25) is 0 Å². The Labute approximate surface area is 162 Å². The summed E-state index contributed by atoms with van der Waals surface area (Å²) in [7, 11) is 0. The van der Waals surface area contributed by atoms with Crippen LogP contribution in [0.5, 0.6) is 0 Å². The minimum Gasteiger partial charge on any atom is -0.408 e. The summed E-state index contributed by atoms with van der Waals surface area (Å²) in [5.74, 6) is 0.627. The van der Waals surface area contributed by atoms with Crippen molar-refractivity contribution in [2.75, 3.05) is 11.1 Å². The summed E-state index contributed by atoms with van der Waals surface area (Å²) >= 11 is 1.38. The normalized spacial score (nSPS) is 11.1. The van der Waals surface area contributed by atoms with E-state index in [0.717, 1.165) is 23.0 Å². The molecule has 2 aromatic heterocycles. The zero-order chi connectivity index (χ0) is 19.4. The lowest BCUT2D eigenvalue weighted by Crippen LogP contribution is -2.15. The van der Waals surface area contributed by atoms with E-state index in [-0.39, 0.29) is 23.6 Å². The van der Waals surface area contributed by atoms with Crippen LogP contribution in [0.25, 0.3) is 11.3 Å². The molecule has 1 N–H and O–H groups in total. The quantitative estimate of drug-likeness (QED) is 0.616. The fraction of sp³-hybridized carbons (Fsp3) is 0.368. The fourth-order valence-electron chi connectivity index (χ4n) is 2.54. The van der Waals surface area contributed by atoms with Gasteiger partial charge in [0.25, 0.3) is 0 Å². The summed E-state index contributed by atoms with van der Waals surface area (Å²) in [6.07, 6.45) is 1.85. The molecular weight excluding hydrogens is 362 g/mol. The molecule has 0 radical (unpaired) electrons. The molecule has 7 nitrogen and oxygen atoms in total. The van der Waals surface area contributed by atoms with Gasteiger partial charge in [-0.1, -0.05) is 60.5 Å². The van der Waals surface area contributed by atoms with E-state index in [1.807, 2.05) is 20.0 Å². The minimum absolute atomic E-state index is 0.120. The van der Waals surface area contributed by atoms with Gasteiger partial charge in [-0.25, -0.2) is 4.98 Å². The number of thioether (sulfide) groups is 1. The van der Waals surface area contributed by atoms with Crippen LogP contribution in [-0.4, -0.2) is 31.4 Å². The van der Waals surface area contributed by atoms with Crippen molar-refractivity contribution in [1.29, 1.82) is 0 Å². The number of nitrogens with zero attached hydrogens (tertiary/aromatic N) is 4. The second kappa shape index (κ2) is 8.39. The number of nitrogens with one attached hydrogen (secondary N) is 1. The van der Waals surface area contributed by atoms with E-state index in [1.54, 1.807) is 0 Å². The molecule has 2 heterocycles. The maximum absolute atomic E-state index is 12.2. The van der Waals surface area contributed by atoms with Crippen molar-refractivity contribution in [3.05, 3.63) is 41.9 Å². The summed E-state index contributed by atoms with van der Waals surface area (Å²) in [4.78, 5) is 16.7. The van der Waals surface area contributed by atoms with Crippen LogP contribution in [0.15, 0.2) is 40.0 Å². The van der Waals surface area contributed by atoms with Crippen LogP contribution >= 0.6 is 11.8 Å². The van der Waals surface area contributed by atoms with Gasteiger partial charge < -0.3 is 8.98 Å². The van der Waals surface area contributed by atoms with Gasteiger partial charge >= 0.3 is 6.01 Å². The zero-order valence-corrected chi connectivity index (χ0v) is 16.7. The third-order valence-corrected chi connectivity index (χ3v) is 4.99. The van der Waals surface area contributed by atoms with Gasteiger partial charge in [0.15, 0.2) is 5.16 Å². The van der Waals surface area contributed by atoms with Gasteiger partial charge in [0.1, 0.15) is 0 Å². The fourth-order valence-corrected chi connectivity index (χ4v) is 3.38. The number of imidazole rings is 1. The predicted octanol–water partition coefficient (Wildman–Crippen LogP) is 4.12. The van der Waals surface area contributed by atoms with Crippen molar-refractivity contribution in [2.45, 2.75) is 45.3 Å². The molecule has 0 aliphatic carbocycles. The Morgan fingerprint density at radius 3 is 2.63 bits per heavy atom. The van der Waals surface area contributed by atoms with Gasteiger partial charge in [-0.05, 0) is 19.4 Å². The Hall–Kier alpha value is -2.61. The molecule has 3 rings (SSSR count). The molecule has 142 valence electrons. The van der Waals surface area contributed by atoms with Crippen molar-refractivity contribution in [3.8, 4) is 11.3 Å². The van der Waals surface area contributed by atoms with E-state index in [4.69, 9.17) is 4.42 Å². The lowest BCUT2D eigenvalue weighted by molar-refractivity contribution is -0.113. The van der Waals surface area contributed by atoms with E-state index >= 15 is 0 Å². The molecule has 0 unspecified atom stereocenters. The number of carbonyl (C=O) groups excluding carboxylic acids is 1. The van der Waals surface area contributed by atoms with Crippen molar-refractivity contribution >= 4 is 23.7 Å². The molecule has 1 aromatic carbocycles. The van der Waals surface area contributed by atoms with E-state index in [1.165, 1.54) is 17.3 Å². The first-order valence-electron chi connectivity index (χ1n) is 8.86. The standard InChI is InChI=1S/C19H23N5O2S/c1-5-24-15(14-8-6-13(4)7-9-14)10-20-19(24)27-11-16(25)21-18-23-22-17(26-18)12(2)3/h6-10,12H,5,11H2,1-4H3,(H,21,23,25). The number of amides is 1. The van der Waals surface area contributed by atoms with E-state index in [2.05, 4.69) is 63.2 Å². The average molecular weight is 385 g/mol. The maximum Gasteiger partial charge on any atom is 0.322 e. The Morgan fingerprint density at radius 1 is 1.26 bits per heavy atom. The highest BCUT2D eigenvalue weighted by Gasteiger charge is 2.15.